The zero-order chi connectivity index (χ0) is 21.0. The predicted octanol–water partition coefficient (Wildman–Crippen LogP) is 4.37. The van der Waals surface area contributed by atoms with Gasteiger partial charge >= 0.3 is 12.1 Å². The number of fused-ring (bicyclic) bond motifs is 1. The van der Waals surface area contributed by atoms with Crippen molar-refractivity contribution in [1.82, 2.24) is 5.32 Å². The molecule has 0 unspecified atom stereocenters. The van der Waals surface area contributed by atoms with Crippen LogP contribution in [0.2, 0.25) is 0 Å². The van der Waals surface area contributed by atoms with Crippen molar-refractivity contribution >= 4 is 22.6 Å². The fourth-order valence-corrected chi connectivity index (χ4v) is 2.99. The van der Waals surface area contributed by atoms with Gasteiger partial charge in [0.1, 0.15) is 6.04 Å². The van der Waals surface area contributed by atoms with Crippen molar-refractivity contribution < 1.29 is 27.5 Å². The van der Waals surface area contributed by atoms with Gasteiger partial charge in [-0.05, 0) is 40.6 Å². The summed E-state index contributed by atoms with van der Waals surface area (Å²) in [5, 5.41) is 4.57. The highest BCUT2D eigenvalue weighted by Crippen LogP contribution is 2.29. The first-order valence-corrected chi connectivity index (χ1v) is 8.81. The van der Waals surface area contributed by atoms with Gasteiger partial charge < -0.3 is 10.1 Å². The summed E-state index contributed by atoms with van der Waals surface area (Å²) in [5.74, 6) is -1.30. The minimum absolute atomic E-state index is 0.0189. The summed E-state index contributed by atoms with van der Waals surface area (Å²) in [6, 6.07) is 16.2. The van der Waals surface area contributed by atoms with Crippen LogP contribution in [0, 0.1) is 0 Å². The first-order valence-electron chi connectivity index (χ1n) is 8.81. The van der Waals surface area contributed by atoms with E-state index in [1.54, 1.807) is 0 Å². The smallest absolute Gasteiger partial charge is 0.416 e. The fourth-order valence-electron chi connectivity index (χ4n) is 2.99. The van der Waals surface area contributed by atoms with Gasteiger partial charge in [0.05, 0.1) is 12.7 Å². The average Bonchev–Trinajstić information content (AvgIpc) is 2.72. The number of carbonyl (C=O) groups excluding carboxylic acids is 2. The number of ether oxygens (including phenoxy) is 1. The molecule has 0 saturated heterocycles. The summed E-state index contributed by atoms with van der Waals surface area (Å²) in [5.41, 5.74) is -0.0213. The predicted molar refractivity (Wildman–Crippen MR) is 102 cm³/mol. The average molecular weight is 401 g/mol. The lowest BCUT2D eigenvalue weighted by Gasteiger charge is -2.17. The lowest BCUT2D eigenvalue weighted by atomic mass is 10.0. The topological polar surface area (TPSA) is 55.4 Å². The Morgan fingerprint density at radius 2 is 1.62 bits per heavy atom. The van der Waals surface area contributed by atoms with E-state index < -0.39 is 29.7 Å². The van der Waals surface area contributed by atoms with Crippen molar-refractivity contribution in [3.63, 3.8) is 0 Å². The minimum Gasteiger partial charge on any atom is -0.467 e. The van der Waals surface area contributed by atoms with Gasteiger partial charge in [0, 0.05) is 12.0 Å². The Balaban J connectivity index is 1.77. The number of methoxy groups -OCH3 is 1. The Bertz CT molecular complexity index is 1030. The zero-order valence-electron chi connectivity index (χ0n) is 15.5. The molecule has 0 heterocycles. The number of esters is 1. The Kier molecular flexibility index (Phi) is 5.87. The standard InChI is InChI=1S/C22H18F3NO3/c1-29-21(28)19(13-14-6-7-15-4-2-3-5-17(15)12-14)26-20(27)16-8-10-18(11-9-16)22(23,24)25/h2-12,19H,13H2,1H3,(H,26,27)/t19-/m0/s1. The van der Waals surface area contributed by atoms with E-state index in [1.165, 1.54) is 7.11 Å². The Morgan fingerprint density at radius 1 is 0.966 bits per heavy atom. The van der Waals surface area contributed by atoms with E-state index in [4.69, 9.17) is 4.74 Å². The molecule has 7 heteroatoms. The van der Waals surface area contributed by atoms with E-state index in [0.717, 1.165) is 40.6 Å². The number of alkyl halides is 3. The highest BCUT2D eigenvalue weighted by Gasteiger charge is 2.30. The van der Waals surface area contributed by atoms with Gasteiger partial charge in [-0.1, -0.05) is 42.5 Å². The molecule has 3 rings (SSSR count). The van der Waals surface area contributed by atoms with Crippen LogP contribution in [-0.4, -0.2) is 25.0 Å². The molecule has 1 amide bonds. The molecule has 0 aromatic heterocycles. The van der Waals surface area contributed by atoms with Crippen LogP contribution in [0.1, 0.15) is 21.5 Å². The van der Waals surface area contributed by atoms with E-state index in [9.17, 15) is 22.8 Å². The Labute approximate surface area is 165 Å². The molecule has 0 bridgehead atoms. The van der Waals surface area contributed by atoms with Gasteiger partial charge in [0.15, 0.2) is 0 Å². The molecular weight excluding hydrogens is 383 g/mol. The molecule has 150 valence electrons. The molecule has 3 aromatic rings. The van der Waals surface area contributed by atoms with E-state index in [-0.39, 0.29) is 12.0 Å². The van der Waals surface area contributed by atoms with Gasteiger partial charge in [-0.15, -0.1) is 0 Å². The second kappa shape index (κ2) is 8.34. The highest BCUT2D eigenvalue weighted by atomic mass is 19.4. The maximum atomic E-state index is 12.7. The highest BCUT2D eigenvalue weighted by molar-refractivity contribution is 5.97. The number of amides is 1. The number of hydrogen-bond donors (Lipinski definition) is 1. The van der Waals surface area contributed by atoms with Gasteiger partial charge in [0.2, 0.25) is 0 Å². The van der Waals surface area contributed by atoms with E-state index >= 15 is 0 Å². The first-order chi connectivity index (χ1) is 13.8. The summed E-state index contributed by atoms with van der Waals surface area (Å²) in [6.45, 7) is 0. The third-order valence-corrected chi connectivity index (χ3v) is 4.52. The molecule has 29 heavy (non-hydrogen) atoms. The Morgan fingerprint density at radius 3 is 2.24 bits per heavy atom. The van der Waals surface area contributed by atoms with Gasteiger partial charge in [-0.3, -0.25) is 4.79 Å². The quantitative estimate of drug-likeness (QED) is 0.646. The first kappa shape index (κ1) is 20.4. The molecule has 1 atom stereocenters. The number of rotatable bonds is 5. The van der Waals surface area contributed by atoms with Crippen molar-refractivity contribution in [3.8, 4) is 0 Å². The summed E-state index contributed by atoms with van der Waals surface area (Å²) in [6.07, 6.45) is -4.30. The molecule has 0 spiro atoms. The number of hydrogen-bond acceptors (Lipinski definition) is 3. The molecule has 0 fully saturated rings. The second-order valence-corrected chi connectivity index (χ2v) is 6.51. The minimum atomic E-state index is -4.49. The monoisotopic (exact) mass is 401 g/mol. The van der Waals surface area contributed by atoms with Crippen molar-refractivity contribution in [2.24, 2.45) is 0 Å². The van der Waals surface area contributed by atoms with Gasteiger partial charge in [0.25, 0.3) is 5.91 Å². The number of nitrogens with one attached hydrogen (secondary N) is 1. The Hall–Kier alpha value is -3.35. The second-order valence-electron chi connectivity index (χ2n) is 6.51. The third kappa shape index (κ3) is 4.93. The molecule has 0 aliphatic carbocycles. The van der Waals surface area contributed by atoms with Crippen molar-refractivity contribution in [3.05, 3.63) is 83.4 Å². The van der Waals surface area contributed by atoms with Crippen LogP contribution in [0.25, 0.3) is 10.8 Å². The molecule has 3 aromatic carbocycles. The molecule has 0 radical (unpaired) electrons. The van der Waals surface area contributed by atoms with Crippen LogP contribution >= 0.6 is 0 Å². The summed E-state index contributed by atoms with van der Waals surface area (Å²) < 4.78 is 42.8. The van der Waals surface area contributed by atoms with Crippen LogP contribution in [0.15, 0.2) is 66.7 Å². The van der Waals surface area contributed by atoms with Crippen molar-refractivity contribution in [2.75, 3.05) is 7.11 Å². The van der Waals surface area contributed by atoms with Gasteiger partial charge in [-0.2, -0.15) is 13.2 Å². The van der Waals surface area contributed by atoms with Crippen LogP contribution in [-0.2, 0) is 22.1 Å². The molecule has 0 aliphatic heterocycles. The van der Waals surface area contributed by atoms with E-state index in [1.807, 2.05) is 42.5 Å². The lowest BCUT2D eigenvalue weighted by Crippen LogP contribution is -2.43. The molecule has 0 aliphatic rings. The molecule has 0 saturated carbocycles. The van der Waals surface area contributed by atoms with E-state index in [2.05, 4.69) is 5.32 Å². The number of halogens is 3. The zero-order valence-corrected chi connectivity index (χ0v) is 15.5. The van der Waals surface area contributed by atoms with Crippen molar-refractivity contribution in [1.29, 1.82) is 0 Å². The normalized spacial score (nSPS) is 12.4. The van der Waals surface area contributed by atoms with Crippen molar-refractivity contribution in [2.45, 2.75) is 18.6 Å². The van der Waals surface area contributed by atoms with Crippen LogP contribution in [0.4, 0.5) is 13.2 Å². The summed E-state index contributed by atoms with van der Waals surface area (Å²) in [4.78, 5) is 24.6. The van der Waals surface area contributed by atoms with Crippen LogP contribution in [0.3, 0.4) is 0 Å². The third-order valence-electron chi connectivity index (χ3n) is 4.52. The maximum Gasteiger partial charge on any atom is 0.416 e. The molecular formula is C22H18F3NO3. The van der Waals surface area contributed by atoms with Crippen LogP contribution in [0.5, 0.6) is 0 Å². The number of carbonyl (C=O) groups is 2. The fraction of sp³-hybridized carbons (Fsp3) is 0.182. The van der Waals surface area contributed by atoms with E-state index in [0.29, 0.717) is 0 Å². The summed E-state index contributed by atoms with van der Waals surface area (Å²) in [7, 11) is 1.21. The molecule has 1 N–H and O–H groups in total. The SMILES string of the molecule is COC(=O)[C@H](Cc1ccc2ccccc2c1)NC(=O)c1ccc(C(F)(F)F)cc1. The van der Waals surface area contributed by atoms with Crippen LogP contribution < -0.4 is 5.32 Å². The largest absolute Gasteiger partial charge is 0.467 e. The number of benzene rings is 3. The molecule has 4 nitrogen and oxygen atoms in total. The summed E-state index contributed by atoms with van der Waals surface area (Å²) >= 11 is 0. The lowest BCUT2D eigenvalue weighted by molar-refractivity contribution is -0.142. The van der Waals surface area contributed by atoms with Gasteiger partial charge in [-0.25, -0.2) is 4.79 Å². The maximum absolute atomic E-state index is 12.7.